The predicted molar refractivity (Wildman–Crippen MR) is 136 cm³/mol. The van der Waals surface area contributed by atoms with Crippen molar-refractivity contribution < 1.29 is 24.2 Å². The van der Waals surface area contributed by atoms with Gasteiger partial charge < -0.3 is 19.5 Å². The summed E-state index contributed by atoms with van der Waals surface area (Å²) >= 11 is 0. The molecule has 2 heterocycles. The van der Waals surface area contributed by atoms with Gasteiger partial charge in [-0.05, 0) is 43.0 Å². The number of aliphatic hydroxyl groups is 1. The number of carbonyl (C=O) groups is 2. The van der Waals surface area contributed by atoms with E-state index in [-0.39, 0.29) is 18.4 Å². The summed E-state index contributed by atoms with van der Waals surface area (Å²) in [5.41, 5.74) is 2.85. The molecule has 1 saturated heterocycles. The number of unbranched alkanes of at least 4 members (excludes halogenated alkanes) is 3. The van der Waals surface area contributed by atoms with Crippen molar-refractivity contribution in [3.8, 4) is 11.3 Å². The highest BCUT2D eigenvalue weighted by Crippen LogP contribution is 2.28. The number of carboxylic acid groups (broad SMARTS) is 1. The Morgan fingerprint density at radius 1 is 1.09 bits per heavy atom. The first-order valence-electron chi connectivity index (χ1n) is 12.4. The van der Waals surface area contributed by atoms with Gasteiger partial charge >= 0.3 is 5.97 Å². The van der Waals surface area contributed by atoms with Crippen molar-refractivity contribution in [2.75, 3.05) is 6.54 Å². The summed E-state index contributed by atoms with van der Waals surface area (Å²) in [6.07, 6.45) is 8.42. The molecule has 2 N–H and O–H groups in total. The number of carboxylic acids is 1. The predicted octanol–water partition coefficient (Wildman–Crippen LogP) is 5.59. The lowest BCUT2D eigenvalue weighted by molar-refractivity contribution is -0.137. The highest BCUT2D eigenvalue weighted by molar-refractivity contribution is 5.82. The first-order valence-corrected chi connectivity index (χ1v) is 12.4. The van der Waals surface area contributed by atoms with Crippen LogP contribution in [-0.2, 0) is 16.0 Å². The number of rotatable bonds is 12. The van der Waals surface area contributed by atoms with Gasteiger partial charge in [0.2, 0.25) is 5.91 Å². The summed E-state index contributed by atoms with van der Waals surface area (Å²) in [5, 5.41) is 20.4. The molecule has 3 aromatic rings. The van der Waals surface area contributed by atoms with Gasteiger partial charge in [0.15, 0.2) is 0 Å². The monoisotopic (exact) mass is 475 g/mol. The van der Waals surface area contributed by atoms with Crippen LogP contribution in [-0.4, -0.2) is 45.7 Å². The maximum absolute atomic E-state index is 12.3. The van der Waals surface area contributed by atoms with Crippen LogP contribution in [0.4, 0.5) is 0 Å². The average Bonchev–Trinajstić information content (AvgIpc) is 3.43. The molecule has 1 aliphatic rings. The fourth-order valence-electron chi connectivity index (χ4n) is 4.70. The molecule has 1 fully saturated rings. The quantitative estimate of drug-likeness (QED) is 0.263. The Morgan fingerprint density at radius 2 is 1.91 bits per heavy atom. The Morgan fingerprint density at radius 3 is 2.74 bits per heavy atom. The van der Waals surface area contributed by atoms with Gasteiger partial charge in [0, 0.05) is 36.8 Å². The Balaban J connectivity index is 1.30. The molecule has 0 unspecified atom stereocenters. The number of nitrogens with zero attached hydrogens (tertiary/aromatic N) is 1. The van der Waals surface area contributed by atoms with Crippen molar-refractivity contribution in [2.24, 2.45) is 0 Å². The lowest BCUT2D eigenvalue weighted by Crippen LogP contribution is -2.32. The molecular weight excluding hydrogens is 442 g/mol. The number of aliphatic hydroxyl groups excluding tert-OH is 1. The summed E-state index contributed by atoms with van der Waals surface area (Å²) in [6.45, 7) is 0.677. The lowest BCUT2D eigenvalue weighted by Gasteiger charge is -2.22. The zero-order chi connectivity index (χ0) is 24.6. The zero-order valence-electron chi connectivity index (χ0n) is 19.9. The van der Waals surface area contributed by atoms with Crippen LogP contribution in [0.15, 0.2) is 71.2 Å². The molecule has 0 aliphatic carbocycles. The third-order valence-electron chi connectivity index (χ3n) is 6.55. The van der Waals surface area contributed by atoms with Gasteiger partial charge in [-0.3, -0.25) is 9.59 Å². The summed E-state index contributed by atoms with van der Waals surface area (Å²) in [7, 11) is 0. The minimum Gasteiger partial charge on any atom is -0.481 e. The van der Waals surface area contributed by atoms with Gasteiger partial charge in [0.05, 0.1) is 12.1 Å². The number of carbonyl (C=O) groups excluding carboxylic acids is 1. The summed E-state index contributed by atoms with van der Waals surface area (Å²) in [4.78, 5) is 24.8. The number of para-hydroxylation sites is 1. The molecule has 4 rings (SSSR count). The second-order valence-electron chi connectivity index (χ2n) is 9.26. The van der Waals surface area contributed by atoms with Crippen molar-refractivity contribution in [3.63, 3.8) is 0 Å². The molecule has 2 aromatic carbocycles. The van der Waals surface area contributed by atoms with E-state index < -0.39 is 12.1 Å². The second-order valence-corrected chi connectivity index (χ2v) is 9.26. The van der Waals surface area contributed by atoms with Gasteiger partial charge in [-0.25, -0.2) is 0 Å². The normalized spacial score (nSPS) is 17.0. The number of furan rings is 1. The van der Waals surface area contributed by atoms with Crippen molar-refractivity contribution in [2.45, 2.75) is 63.5 Å². The SMILES string of the molecule is O=C(O)CCCCCCN1C(=O)CC[C@@H]1/C=C/[C@@H](O)Cc1cccc(-c2cc3ccccc3o2)c1. The van der Waals surface area contributed by atoms with E-state index in [0.717, 1.165) is 53.5 Å². The molecule has 0 saturated carbocycles. The molecule has 6 heteroatoms. The highest BCUT2D eigenvalue weighted by Gasteiger charge is 2.28. The van der Waals surface area contributed by atoms with Crippen LogP contribution >= 0.6 is 0 Å². The molecular formula is C29H33NO5. The van der Waals surface area contributed by atoms with Crippen LogP contribution in [0.5, 0.6) is 0 Å². The molecule has 1 aromatic heterocycles. The smallest absolute Gasteiger partial charge is 0.303 e. The molecule has 1 amide bonds. The van der Waals surface area contributed by atoms with Crippen LogP contribution in [0.25, 0.3) is 22.3 Å². The standard InChI is InChI=1S/C29H33NO5/c31-25(15-13-24-14-16-28(32)30(24)17-6-2-1-3-12-29(33)34)19-21-8-7-10-22(18-21)27-20-23-9-4-5-11-26(23)35-27/h4-5,7-11,13,15,18,20,24-25,31H,1-3,6,12,14,16-17,19H2,(H,33,34)/b15-13+/t24-,25+/m0/s1. The second kappa shape index (κ2) is 11.8. The molecule has 0 bridgehead atoms. The topological polar surface area (TPSA) is 91.0 Å². The first kappa shape index (κ1) is 24.7. The van der Waals surface area contributed by atoms with E-state index >= 15 is 0 Å². The van der Waals surface area contributed by atoms with E-state index in [4.69, 9.17) is 9.52 Å². The maximum Gasteiger partial charge on any atom is 0.303 e. The Labute approximate surface area is 205 Å². The summed E-state index contributed by atoms with van der Waals surface area (Å²) in [6, 6.07) is 18.0. The van der Waals surface area contributed by atoms with E-state index in [1.807, 2.05) is 65.6 Å². The van der Waals surface area contributed by atoms with Crippen LogP contribution in [0.1, 0.15) is 50.5 Å². The van der Waals surface area contributed by atoms with Gasteiger partial charge in [-0.15, -0.1) is 0 Å². The molecule has 1 aliphatic heterocycles. The zero-order valence-corrected chi connectivity index (χ0v) is 19.9. The highest BCUT2D eigenvalue weighted by atomic mass is 16.4. The Kier molecular flexibility index (Phi) is 8.37. The number of amides is 1. The minimum absolute atomic E-state index is 0.0121. The van der Waals surface area contributed by atoms with Gasteiger partial charge in [-0.1, -0.05) is 61.4 Å². The van der Waals surface area contributed by atoms with Crippen LogP contribution < -0.4 is 0 Å². The number of benzene rings is 2. The molecule has 2 atom stereocenters. The van der Waals surface area contributed by atoms with E-state index in [0.29, 0.717) is 25.8 Å². The fraction of sp³-hybridized carbons (Fsp3) is 0.379. The van der Waals surface area contributed by atoms with E-state index in [9.17, 15) is 14.7 Å². The molecule has 35 heavy (non-hydrogen) atoms. The number of likely N-dealkylation sites (tertiary alicyclic amines) is 1. The Hall–Kier alpha value is -3.38. The number of hydrogen-bond acceptors (Lipinski definition) is 4. The van der Waals surface area contributed by atoms with Crippen LogP contribution in [0.3, 0.4) is 0 Å². The molecule has 184 valence electrons. The Bertz CT molecular complexity index is 1150. The van der Waals surface area contributed by atoms with Crippen LogP contribution in [0, 0.1) is 0 Å². The number of aliphatic carboxylic acids is 1. The van der Waals surface area contributed by atoms with Gasteiger partial charge in [0.1, 0.15) is 11.3 Å². The third kappa shape index (κ3) is 6.83. The van der Waals surface area contributed by atoms with Gasteiger partial charge in [-0.2, -0.15) is 0 Å². The lowest BCUT2D eigenvalue weighted by atomic mass is 10.0. The van der Waals surface area contributed by atoms with Crippen molar-refractivity contribution in [1.82, 2.24) is 4.90 Å². The van der Waals surface area contributed by atoms with E-state index in [2.05, 4.69) is 0 Å². The number of fused-ring (bicyclic) bond motifs is 1. The number of hydrogen-bond donors (Lipinski definition) is 2. The van der Waals surface area contributed by atoms with Crippen molar-refractivity contribution >= 4 is 22.8 Å². The largest absolute Gasteiger partial charge is 0.481 e. The van der Waals surface area contributed by atoms with Crippen LogP contribution in [0.2, 0.25) is 0 Å². The first-order chi connectivity index (χ1) is 17.0. The summed E-state index contributed by atoms with van der Waals surface area (Å²) in [5.74, 6) is 0.198. The average molecular weight is 476 g/mol. The fourth-order valence-corrected chi connectivity index (χ4v) is 4.70. The maximum atomic E-state index is 12.3. The van der Waals surface area contributed by atoms with Crippen molar-refractivity contribution in [3.05, 3.63) is 72.3 Å². The third-order valence-corrected chi connectivity index (χ3v) is 6.55. The van der Waals surface area contributed by atoms with Gasteiger partial charge in [0.25, 0.3) is 0 Å². The van der Waals surface area contributed by atoms with E-state index in [1.165, 1.54) is 0 Å². The van der Waals surface area contributed by atoms with Crippen molar-refractivity contribution in [1.29, 1.82) is 0 Å². The molecule has 0 spiro atoms. The molecule has 6 nitrogen and oxygen atoms in total. The van der Waals surface area contributed by atoms with E-state index in [1.54, 1.807) is 6.08 Å². The summed E-state index contributed by atoms with van der Waals surface area (Å²) < 4.78 is 5.98. The minimum atomic E-state index is -0.760. The molecule has 0 radical (unpaired) electrons.